The monoisotopic (exact) mass is 568 g/mol. The van der Waals surface area contributed by atoms with Crippen molar-refractivity contribution in [3.05, 3.63) is 93.6 Å². The molecule has 5 aromatic rings. The highest BCUT2D eigenvalue weighted by atomic mass is 32.2. The molecule has 0 aliphatic carbocycles. The topological polar surface area (TPSA) is 121 Å². The number of rotatable bonds is 10. The van der Waals surface area contributed by atoms with Crippen LogP contribution in [0.1, 0.15) is 27.7 Å². The van der Waals surface area contributed by atoms with Crippen LogP contribution in [0.15, 0.2) is 76.8 Å². The van der Waals surface area contributed by atoms with Gasteiger partial charge >= 0.3 is 10.3 Å². The van der Waals surface area contributed by atoms with Crippen molar-refractivity contribution in [3.63, 3.8) is 0 Å². The summed E-state index contributed by atoms with van der Waals surface area (Å²) in [6.45, 7) is 0. The molecule has 12 heteroatoms. The van der Waals surface area contributed by atoms with Gasteiger partial charge in [-0.3, -0.25) is 14.1 Å². The standard InChI is InChI=1S/C25H20N4O4S4/c30-13-17-3-1-4-18(11-17)21-14-36-25(28-21)27-20(22-15-35-24(26-22)23-5-2-10-34-23)12-16-6-8-19(9-7-16)29-37(31,32)33/h1-11,13-15,20,29H,12H2,(H,27,28)(H,31,32,33)/t20-/m0/s1. The second-order valence-corrected chi connectivity index (χ2v) is 11.8. The number of thiophene rings is 1. The van der Waals surface area contributed by atoms with E-state index in [1.807, 2.05) is 40.4 Å². The van der Waals surface area contributed by atoms with Crippen LogP contribution in [0.2, 0.25) is 0 Å². The molecule has 1 atom stereocenters. The Hall–Kier alpha value is -3.42. The van der Waals surface area contributed by atoms with Crippen molar-refractivity contribution in [2.45, 2.75) is 12.5 Å². The molecule has 188 valence electrons. The highest BCUT2D eigenvalue weighted by Crippen LogP contribution is 2.33. The molecule has 0 aliphatic heterocycles. The Bertz CT molecular complexity index is 1610. The highest BCUT2D eigenvalue weighted by molar-refractivity contribution is 7.87. The molecule has 0 fully saturated rings. The van der Waals surface area contributed by atoms with Crippen molar-refractivity contribution in [1.29, 1.82) is 0 Å². The van der Waals surface area contributed by atoms with Crippen LogP contribution in [0, 0.1) is 0 Å². The summed E-state index contributed by atoms with van der Waals surface area (Å²) in [6, 6.07) is 17.9. The zero-order chi connectivity index (χ0) is 25.8. The first-order chi connectivity index (χ1) is 17.9. The van der Waals surface area contributed by atoms with Crippen LogP contribution in [0.5, 0.6) is 0 Å². The van der Waals surface area contributed by atoms with Gasteiger partial charge in [-0.15, -0.1) is 34.0 Å². The fraction of sp³-hybridized carbons (Fsp3) is 0.0800. The third-order valence-corrected chi connectivity index (χ3v) is 8.54. The van der Waals surface area contributed by atoms with E-state index in [-0.39, 0.29) is 11.7 Å². The molecule has 0 spiro atoms. The van der Waals surface area contributed by atoms with E-state index < -0.39 is 10.3 Å². The summed E-state index contributed by atoms with van der Waals surface area (Å²) in [7, 11) is -4.34. The van der Waals surface area contributed by atoms with Gasteiger partial charge in [-0.1, -0.05) is 36.4 Å². The number of nitrogens with zero attached hydrogens (tertiary/aromatic N) is 2. The van der Waals surface area contributed by atoms with Crippen molar-refractivity contribution in [1.82, 2.24) is 9.97 Å². The molecule has 3 aromatic heterocycles. The molecule has 3 heterocycles. The van der Waals surface area contributed by atoms with Gasteiger partial charge in [0, 0.05) is 21.9 Å². The molecule has 0 unspecified atom stereocenters. The second-order valence-electron chi connectivity index (χ2n) is 8.01. The maximum atomic E-state index is 11.2. The lowest BCUT2D eigenvalue weighted by molar-refractivity contribution is 0.112. The normalized spacial score (nSPS) is 12.2. The van der Waals surface area contributed by atoms with Gasteiger partial charge in [-0.25, -0.2) is 9.97 Å². The molecule has 2 aromatic carbocycles. The van der Waals surface area contributed by atoms with Gasteiger partial charge < -0.3 is 5.32 Å². The molecule has 0 saturated carbocycles. The molecular weight excluding hydrogens is 549 g/mol. The number of aromatic nitrogens is 2. The van der Waals surface area contributed by atoms with E-state index in [4.69, 9.17) is 14.5 Å². The van der Waals surface area contributed by atoms with E-state index in [9.17, 15) is 13.2 Å². The van der Waals surface area contributed by atoms with Crippen molar-refractivity contribution in [2.24, 2.45) is 0 Å². The van der Waals surface area contributed by atoms with E-state index in [1.165, 1.54) is 11.3 Å². The molecule has 8 nitrogen and oxygen atoms in total. The van der Waals surface area contributed by atoms with Crippen LogP contribution in [0.4, 0.5) is 10.8 Å². The fourth-order valence-corrected chi connectivity index (χ4v) is 6.57. The van der Waals surface area contributed by atoms with Gasteiger partial charge in [-0.05, 0) is 41.6 Å². The summed E-state index contributed by atoms with van der Waals surface area (Å²) in [6.07, 6.45) is 1.38. The Balaban J connectivity index is 1.41. The number of anilines is 2. The summed E-state index contributed by atoms with van der Waals surface area (Å²) in [4.78, 5) is 21.9. The quantitative estimate of drug-likeness (QED) is 0.131. The van der Waals surface area contributed by atoms with E-state index >= 15 is 0 Å². The lowest BCUT2D eigenvalue weighted by Gasteiger charge is -2.17. The first-order valence-corrected chi connectivity index (χ1v) is 15.1. The predicted octanol–water partition coefficient (Wildman–Crippen LogP) is 6.42. The Kier molecular flexibility index (Phi) is 7.44. The summed E-state index contributed by atoms with van der Waals surface area (Å²) >= 11 is 4.68. The summed E-state index contributed by atoms with van der Waals surface area (Å²) in [5.41, 5.74) is 4.31. The lowest BCUT2D eigenvalue weighted by Crippen LogP contribution is -2.14. The third kappa shape index (κ3) is 6.48. The number of thiazole rings is 2. The van der Waals surface area contributed by atoms with E-state index in [0.29, 0.717) is 17.1 Å². The molecular formula is C25H20N4O4S4. The summed E-state index contributed by atoms with van der Waals surface area (Å²) < 4.78 is 33.3. The van der Waals surface area contributed by atoms with Crippen molar-refractivity contribution in [2.75, 3.05) is 10.0 Å². The van der Waals surface area contributed by atoms with Crippen molar-refractivity contribution >= 4 is 61.4 Å². The minimum absolute atomic E-state index is 0.203. The van der Waals surface area contributed by atoms with E-state index in [2.05, 4.69) is 10.0 Å². The molecule has 0 aliphatic rings. The number of benzene rings is 2. The number of aldehydes is 1. The molecule has 5 rings (SSSR count). The highest BCUT2D eigenvalue weighted by Gasteiger charge is 2.19. The van der Waals surface area contributed by atoms with Crippen molar-refractivity contribution in [3.8, 4) is 21.1 Å². The van der Waals surface area contributed by atoms with Crippen molar-refractivity contribution < 1.29 is 17.8 Å². The lowest BCUT2D eigenvalue weighted by atomic mass is 10.0. The minimum Gasteiger partial charge on any atom is -0.353 e. The summed E-state index contributed by atoms with van der Waals surface area (Å²) in [5, 5.41) is 11.2. The first-order valence-electron chi connectivity index (χ1n) is 11.0. The number of nitrogens with one attached hydrogen (secondary N) is 2. The van der Waals surface area contributed by atoms with Gasteiger partial charge in [0.1, 0.15) is 11.3 Å². The zero-order valence-corrected chi connectivity index (χ0v) is 22.3. The van der Waals surface area contributed by atoms with Crippen LogP contribution in [-0.2, 0) is 16.7 Å². The fourth-order valence-electron chi connectivity index (χ4n) is 3.68. The first kappa shape index (κ1) is 25.2. The number of carbonyl (C=O) groups excluding carboxylic acids is 1. The third-order valence-electron chi connectivity index (χ3n) is 5.37. The Labute approximate surface area is 225 Å². The Morgan fingerprint density at radius 3 is 2.54 bits per heavy atom. The van der Waals surface area contributed by atoms with Gasteiger partial charge in [0.2, 0.25) is 0 Å². The molecule has 37 heavy (non-hydrogen) atoms. The molecule has 0 saturated heterocycles. The Morgan fingerprint density at radius 2 is 1.81 bits per heavy atom. The van der Waals surface area contributed by atoms with E-state index in [0.717, 1.165) is 38.7 Å². The van der Waals surface area contributed by atoms with E-state index in [1.54, 1.807) is 59.1 Å². The molecule has 3 N–H and O–H groups in total. The maximum Gasteiger partial charge on any atom is 0.357 e. The minimum atomic E-state index is -4.34. The smallest absolute Gasteiger partial charge is 0.353 e. The largest absolute Gasteiger partial charge is 0.357 e. The van der Waals surface area contributed by atoms with Crippen LogP contribution >= 0.6 is 34.0 Å². The number of carbonyl (C=O) groups is 1. The number of hydrogen-bond donors (Lipinski definition) is 3. The van der Waals surface area contributed by atoms with Gasteiger partial charge in [0.05, 0.1) is 28.0 Å². The Morgan fingerprint density at radius 1 is 0.973 bits per heavy atom. The maximum absolute atomic E-state index is 11.2. The summed E-state index contributed by atoms with van der Waals surface area (Å²) in [5.74, 6) is 0. The zero-order valence-electron chi connectivity index (χ0n) is 19.1. The van der Waals surface area contributed by atoms with Crippen LogP contribution in [0.25, 0.3) is 21.1 Å². The van der Waals surface area contributed by atoms with Crippen LogP contribution in [-0.4, -0.2) is 29.2 Å². The van der Waals surface area contributed by atoms with Gasteiger partial charge in [-0.2, -0.15) is 8.42 Å². The predicted molar refractivity (Wildman–Crippen MR) is 150 cm³/mol. The average Bonchev–Trinajstić information content (AvgIpc) is 3.65. The SMILES string of the molecule is O=Cc1cccc(-c2csc(N[C@@H](Cc3ccc(NS(=O)(=O)O)cc3)c3csc(-c4cccs4)n3)n2)c1. The average molecular weight is 569 g/mol. The second kappa shape index (κ2) is 10.9. The van der Waals surface area contributed by atoms with Crippen LogP contribution < -0.4 is 10.0 Å². The van der Waals surface area contributed by atoms with Crippen LogP contribution in [0.3, 0.4) is 0 Å². The molecule has 0 radical (unpaired) electrons. The molecule has 0 amide bonds. The van der Waals surface area contributed by atoms with Gasteiger partial charge in [0.15, 0.2) is 5.13 Å². The number of hydrogen-bond acceptors (Lipinski definition) is 9. The molecule has 0 bridgehead atoms. The van der Waals surface area contributed by atoms with Gasteiger partial charge in [0.25, 0.3) is 0 Å².